The van der Waals surface area contributed by atoms with Crippen LogP contribution in [0.15, 0.2) is 36.9 Å². The number of esters is 1. The lowest BCUT2D eigenvalue weighted by Crippen LogP contribution is -2.12. The summed E-state index contributed by atoms with van der Waals surface area (Å²) in [5.41, 5.74) is 0.498. The van der Waals surface area contributed by atoms with Gasteiger partial charge in [-0.05, 0) is 31.2 Å². The Kier molecular flexibility index (Phi) is 4.52. The second kappa shape index (κ2) is 6.33. The van der Waals surface area contributed by atoms with E-state index >= 15 is 0 Å². The number of halogens is 1. The SMILES string of the molecule is C[C@@H](CCOC(=O)c1ccc(Cl)cc1)n1cncn1. The highest BCUT2D eigenvalue weighted by Crippen LogP contribution is 2.12. The highest BCUT2D eigenvalue weighted by atomic mass is 35.5. The van der Waals surface area contributed by atoms with E-state index in [0.717, 1.165) is 0 Å². The van der Waals surface area contributed by atoms with E-state index in [1.54, 1.807) is 35.3 Å². The number of hydrogen-bond donors (Lipinski definition) is 0. The predicted molar refractivity (Wildman–Crippen MR) is 71.1 cm³/mol. The van der Waals surface area contributed by atoms with Gasteiger partial charge in [-0.15, -0.1) is 0 Å². The van der Waals surface area contributed by atoms with Gasteiger partial charge in [0.15, 0.2) is 0 Å². The third kappa shape index (κ3) is 3.79. The minimum Gasteiger partial charge on any atom is -0.462 e. The first-order valence-electron chi connectivity index (χ1n) is 5.93. The molecule has 2 rings (SSSR count). The van der Waals surface area contributed by atoms with Crippen molar-refractivity contribution < 1.29 is 9.53 Å². The molecule has 6 heteroatoms. The number of nitrogens with zero attached hydrogens (tertiary/aromatic N) is 3. The second-order valence-corrected chi connectivity index (χ2v) is 4.59. The molecule has 1 heterocycles. The molecule has 0 spiro atoms. The van der Waals surface area contributed by atoms with Crippen LogP contribution in [0.2, 0.25) is 5.02 Å². The number of benzene rings is 1. The van der Waals surface area contributed by atoms with Crippen LogP contribution in [0.25, 0.3) is 0 Å². The van der Waals surface area contributed by atoms with Crippen molar-refractivity contribution in [1.29, 1.82) is 0 Å². The fourth-order valence-electron chi connectivity index (χ4n) is 1.57. The Hall–Kier alpha value is -1.88. The highest BCUT2D eigenvalue weighted by Gasteiger charge is 2.09. The average molecular weight is 280 g/mol. The molecule has 0 fully saturated rings. The first kappa shape index (κ1) is 13.5. The van der Waals surface area contributed by atoms with Crippen LogP contribution in [-0.4, -0.2) is 27.3 Å². The topological polar surface area (TPSA) is 57.0 Å². The lowest BCUT2D eigenvalue weighted by molar-refractivity contribution is 0.0485. The second-order valence-electron chi connectivity index (χ2n) is 4.16. The smallest absolute Gasteiger partial charge is 0.338 e. The van der Waals surface area contributed by atoms with Gasteiger partial charge in [-0.1, -0.05) is 11.6 Å². The molecule has 0 amide bonds. The van der Waals surface area contributed by atoms with Crippen molar-refractivity contribution in [1.82, 2.24) is 14.8 Å². The first-order chi connectivity index (χ1) is 9.16. The number of aromatic nitrogens is 3. The summed E-state index contributed by atoms with van der Waals surface area (Å²) >= 11 is 5.75. The number of rotatable bonds is 5. The monoisotopic (exact) mass is 279 g/mol. The quantitative estimate of drug-likeness (QED) is 0.790. The van der Waals surface area contributed by atoms with Crippen LogP contribution in [0, 0.1) is 0 Å². The maximum absolute atomic E-state index is 11.7. The molecule has 1 aromatic heterocycles. The van der Waals surface area contributed by atoms with Crippen LogP contribution in [0.3, 0.4) is 0 Å². The van der Waals surface area contributed by atoms with E-state index in [4.69, 9.17) is 16.3 Å². The van der Waals surface area contributed by atoms with Crippen LogP contribution in [0.1, 0.15) is 29.7 Å². The fourth-order valence-corrected chi connectivity index (χ4v) is 1.69. The minimum absolute atomic E-state index is 0.139. The molecule has 1 aromatic carbocycles. The van der Waals surface area contributed by atoms with Gasteiger partial charge >= 0.3 is 5.97 Å². The van der Waals surface area contributed by atoms with E-state index < -0.39 is 0 Å². The molecular formula is C13H14ClN3O2. The van der Waals surface area contributed by atoms with Gasteiger partial charge in [-0.3, -0.25) is 4.68 Å². The lowest BCUT2D eigenvalue weighted by Gasteiger charge is -2.11. The van der Waals surface area contributed by atoms with Crippen LogP contribution < -0.4 is 0 Å². The summed E-state index contributed by atoms with van der Waals surface area (Å²) in [5.74, 6) is -0.345. The summed E-state index contributed by atoms with van der Waals surface area (Å²) in [7, 11) is 0. The highest BCUT2D eigenvalue weighted by molar-refractivity contribution is 6.30. The molecule has 0 bridgehead atoms. The Bertz CT molecular complexity index is 525. The Morgan fingerprint density at radius 3 is 2.79 bits per heavy atom. The first-order valence-corrected chi connectivity index (χ1v) is 6.31. The predicted octanol–water partition coefficient (Wildman–Crippen LogP) is 2.74. The van der Waals surface area contributed by atoms with Crippen LogP contribution in [0.5, 0.6) is 0 Å². The molecule has 0 aliphatic rings. The van der Waals surface area contributed by atoms with E-state index in [1.807, 2.05) is 6.92 Å². The summed E-state index contributed by atoms with van der Waals surface area (Å²) in [4.78, 5) is 15.6. The number of hydrogen-bond acceptors (Lipinski definition) is 4. The van der Waals surface area contributed by atoms with Gasteiger partial charge < -0.3 is 4.74 Å². The average Bonchev–Trinajstić information content (AvgIpc) is 2.93. The van der Waals surface area contributed by atoms with Crippen molar-refractivity contribution in [3.8, 4) is 0 Å². The van der Waals surface area contributed by atoms with Crippen LogP contribution in [0.4, 0.5) is 0 Å². The van der Waals surface area contributed by atoms with E-state index in [-0.39, 0.29) is 12.0 Å². The summed E-state index contributed by atoms with van der Waals surface area (Å²) in [6.45, 7) is 2.33. The number of carbonyl (C=O) groups is 1. The summed E-state index contributed by atoms with van der Waals surface area (Å²) in [6.07, 6.45) is 3.81. The van der Waals surface area contributed by atoms with E-state index in [1.165, 1.54) is 6.33 Å². The van der Waals surface area contributed by atoms with Gasteiger partial charge in [0.2, 0.25) is 0 Å². The number of ether oxygens (including phenoxy) is 1. The van der Waals surface area contributed by atoms with Gasteiger partial charge in [-0.2, -0.15) is 5.10 Å². The van der Waals surface area contributed by atoms with Crippen molar-refractivity contribution in [3.05, 3.63) is 47.5 Å². The maximum Gasteiger partial charge on any atom is 0.338 e. The maximum atomic E-state index is 11.7. The summed E-state index contributed by atoms with van der Waals surface area (Å²) in [5, 5.41) is 4.63. The standard InChI is InChI=1S/C13H14ClN3O2/c1-10(17-9-15-8-16-17)6-7-19-13(18)11-2-4-12(14)5-3-11/h2-5,8-10H,6-7H2,1H3/t10-/m0/s1. The van der Waals surface area contributed by atoms with Crippen LogP contribution >= 0.6 is 11.6 Å². The Balaban J connectivity index is 1.79. The molecule has 5 nitrogen and oxygen atoms in total. The van der Waals surface area contributed by atoms with Crippen LogP contribution in [-0.2, 0) is 4.74 Å². The molecule has 0 aliphatic carbocycles. The zero-order valence-corrected chi connectivity index (χ0v) is 11.2. The molecule has 19 heavy (non-hydrogen) atoms. The molecule has 0 aliphatic heterocycles. The molecule has 0 saturated carbocycles. The number of carbonyl (C=O) groups excluding carboxylic acids is 1. The third-order valence-electron chi connectivity index (χ3n) is 2.74. The summed E-state index contributed by atoms with van der Waals surface area (Å²) < 4.78 is 6.93. The molecule has 1 atom stereocenters. The van der Waals surface area contributed by atoms with E-state index in [2.05, 4.69) is 10.1 Å². The molecule has 100 valence electrons. The van der Waals surface area contributed by atoms with Crippen molar-refractivity contribution in [2.24, 2.45) is 0 Å². The molecule has 0 saturated heterocycles. The fraction of sp³-hybridized carbons (Fsp3) is 0.308. The largest absolute Gasteiger partial charge is 0.462 e. The minimum atomic E-state index is -0.345. The molecule has 0 radical (unpaired) electrons. The molecule has 0 unspecified atom stereocenters. The van der Waals surface area contributed by atoms with Gasteiger partial charge in [-0.25, -0.2) is 9.78 Å². The Morgan fingerprint density at radius 1 is 1.42 bits per heavy atom. The normalized spacial score (nSPS) is 12.1. The van der Waals surface area contributed by atoms with Crippen molar-refractivity contribution in [2.45, 2.75) is 19.4 Å². The van der Waals surface area contributed by atoms with Gasteiger partial charge in [0.25, 0.3) is 0 Å². The zero-order valence-electron chi connectivity index (χ0n) is 10.5. The summed E-state index contributed by atoms with van der Waals surface area (Å²) in [6, 6.07) is 6.75. The van der Waals surface area contributed by atoms with Crippen molar-refractivity contribution in [3.63, 3.8) is 0 Å². The molecular weight excluding hydrogens is 266 g/mol. The van der Waals surface area contributed by atoms with Gasteiger partial charge in [0, 0.05) is 11.4 Å². The van der Waals surface area contributed by atoms with Crippen molar-refractivity contribution in [2.75, 3.05) is 6.61 Å². The zero-order chi connectivity index (χ0) is 13.7. The van der Waals surface area contributed by atoms with Gasteiger partial charge in [0.1, 0.15) is 12.7 Å². The van der Waals surface area contributed by atoms with E-state index in [0.29, 0.717) is 23.6 Å². The molecule has 0 N–H and O–H groups in total. The lowest BCUT2D eigenvalue weighted by atomic mass is 10.2. The third-order valence-corrected chi connectivity index (χ3v) is 2.99. The van der Waals surface area contributed by atoms with Crippen molar-refractivity contribution >= 4 is 17.6 Å². The molecule has 2 aromatic rings. The van der Waals surface area contributed by atoms with Gasteiger partial charge in [0.05, 0.1) is 18.2 Å². The Labute approximate surface area is 116 Å². The Morgan fingerprint density at radius 2 is 2.16 bits per heavy atom. The van der Waals surface area contributed by atoms with E-state index in [9.17, 15) is 4.79 Å².